The van der Waals surface area contributed by atoms with Gasteiger partial charge in [-0.2, -0.15) is 0 Å². The number of fused-ring (bicyclic) bond motifs is 2. The van der Waals surface area contributed by atoms with Crippen LogP contribution >= 0.6 is 0 Å². The summed E-state index contributed by atoms with van der Waals surface area (Å²) in [4.78, 5) is 65.6. The van der Waals surface area contributed by atoms with Gasteiger partial charge >= 0.3 is 11.8 Å². The van der Waals surface area contributed by atoms with Gasteiger partial charge < -0.3 is 49.6 Å². The van der Waals surface area contributed by atoms with Crippen molar-refractivity contribution in [1.29, 1.82) is 0 Å². The number of methoxy groups -OCH3 is 1. The number of hydrogen-bond donors (Lipinski definition) is 5. The second-order valence-corrected chi connectivity index (χ2v) is 17.9. The van der Waals surface area contributed by atoms with Crippen LogP contribution in [0.3, 0.4) is 0 Å². The zero-order chi connectivity index (χ0) is 47.2. The zero-order valence-corrected chi connectivity index (χ0v) is 38.5. The van der Waals surface area contributed by atoms with Crippen molar-refractivity contribution in [3.05, 3.63) is 86.4 Å². The predicted molar refractivity (Wildman–Crippen MR) is 243 cm³/mol. The van der Waals surface area contributed by atoms with Gasteiger partial charge in [0.2, 0.25) is 0 Å². The Morgan fingerprint density at radius 1 is 1.02 bits per heavy atom. The number of nitrogens with zero attached hydrogens (tertiary/aromatic N) is 4. The Labute approximate surface area is 376 Å². The number of hydrogen-bond acceptors (Lipinski definition) is 14. The number of carbonyl (C=O) groups excluding carboxylic acids is 3. The smallest absolute Gasteiger partial charge is 0.312 e. The largest absolute Gasteiger partial charge is 0.505 e. The second-order valence-electron chi connectivity index (χ2n) is 17.9. The van der Waals surface area contributed by atoms with E-state index in [1.165, 1.54) is 46.3 Å². The molecule has 2 aromatic carbocycles. The molecule has 5 N–H and O–H groups in total. The number of rotatable bonds is 4. The highest BCUT2D eigenvalue weighted by Gasteiger charge is 2.49. The van der Waals surface area contributed by atoms with E-state index in [0.717, 1.165) is 31.4 Å². The highest BCUT2D eigenvalue weighted by Crippen LogP contribution is 2.44. The number of Topliss-reactive ketones (excluding diaryl/α,β-unsaturated/α-hetero) is 1. The topological polar surface area (TPSA) is 217 Å². The highest BCUT2D eigenvalue weighted by molar-refractivity contribution is 6.23. The van der Waals surface area contributed by atoms with Crippen molar-refractivity contribution in [3.63, 3.8) is 0 Å². The first-order chi connectivity index (χ1) is 30.8. The van der Waals surface area contributed by atoms with Gasteiger partial charge in [-0.3, -0.25) is 23.6 Å². The lowest BCUT2D eigenvalue weighted by Gasteiger charge is -2.38. The van der Waals surface area contributed by atoms with E-state index in [1.807, 2.05) is 18.3 Å². The van der Waals surface area contributed by atoms with Gasteiger partial charge in [0.25, 0.3) is 11.7 Å². The van der Waals surface area contributed by atoms with Crippen LogP contribution in [0.2, 0.25) is 0 Å². The Morgan fingerprint density at radius 2 is 1.72 bits per heavy atom. The average molecular weight is 897 g/mol. The quantitative estimate of drug-likeness (QED) is 0.186. The van der Waals surface area contributed by atoms with E-state index in [9.17, 15) is 34.5 Å². The summed E-state index contributed by atoms with van der Waals surface area (Å²) in [5, 5.41) is 37.7. The number of aromatic nitrogens is 2. The van der Waals surface area contributed by atoms with Crippen molar-refractivity contribution in [2.45, 2.75) is 85.6 Å². The molecule has 4 aromatic rings. The number of aliphatic hydroxyl groups excluding tert-OH is 2. The molecule has 1 amide bonds. The molecule has 4 bridgehead atoms. The lowest BCUT2D eigenvalue weighted by molar-refractivity contribution is -0.160. The minimum Gasteiger partial charge on any atom is -0.505 e. The number of ether oxygens (including phenoxy) is 4. The monoisotopic (exact) mass is 896 g/mol. The second kappa shape index (κ2) is 18.6. The van der Waals surface area contributed by atoms with Crippen LogP contribution in [-0.4, -0.2) is 123 Å². The summed E-state index contributed by atoms with van der Waals surface area (Å²) < 4.78 is 25.7. The summed E-state index contributed by atoms with van der Waals surface area (Å²) in [6.45, 7) is 16.2. The van der Waals surface area contributed by atoms with Crippen LogP contribution in [-0.2, 0) is 23.8 Å². The van der Waals surface area contributed by atoms with Gasteiger partial charge in [-0.25, -0.2) is 10.0 Å². The standard InChI is InChI=1S/C48H60N6O11/c1-24-12-11-13-25(2)47(61)51-38-39-37(50-33-22-31(14-16-54(33)39)23-49-53-19-17-52(9)18-20-53)34-35(43(38)59)42(58)29(6)45-36(34)46(60)48(8,65-45)63-21-15-32(62-10)26(3)44(64-30(7)55)28(5)41(57)27(4)40(24)56/h11-16,21-24,26-28,32,40-41,44,49-50,56-57,59H,17-20H2,1-10H3/b12-11+,21-15+,25-13-,31-23?,51-38?/t24-,26+,27+,28+,32-,40-,41+,44+,48-/m0/s1. The summed E-state index contributed by atoms with van der Waals surface area (Å²) in [6, 6.07) is 3.69. The van der Waals surface area contributed by atoms with Crippen LogP contribution in [0.4, 0.5) is 0 Å². The minimum atomic E-state index is -2.01. The summed E-state index contributed by atoms with van der Waals surface area (Å²) >= 11 is 0. The molecule has 17 heteroatoms. The molecule has 1 fully saturated rings. The molecular formula is C48H60N6O11. The normalized spacial score (nSPS) is 30.8. The Morgan fingerprint density at radius 3 is 2.40 bits per heavy atom. The number of aromatic amines is 1. The van der Waals surface area contributed by atoms with Crippen molar-refractivity contribution < 1.29 is 48.7 Å². The molecule has 1 saturated heterocycles. The van der Waals surface area contributed by atoms with Gasteiger partial charge in [-0.1, -0.05) is 45.9 Å². The SMILES string of the molecule is CO[C@H]1/C=C/O[C@@]2(C)Oc3c(C)c(=O)c4c(O)c(c5c([nH]c6cc(=CNN7CCN(C)CC7)ccn65)c4c3C2=O)=NC(=O)/C(C)=C\C=C\[C@H](C)[C@H](O)[C@@H](C)[C@@H](O)[C@@H](C)[C@H](OC(C)=O)[C@@H]1C. The fraction of sp³-hybridized carbons (Fsp3) is 0.479. The summed E-state index contributed by atoms with van der Waals surface area (Å²) in [5.41, 5.74) is 3.87. The molecule has 65 heavy (non-hydrogen) atoms. The van der Waals surface area contributed by atoms with Gasteiger partial charge in [0.15, 0.2) is 11.2 Å². The number of aliphatic hydroxyl groups is 2. The van der Waals surface area contributed by atoms with Crippen LogP contribution in [0.5, 0.6) is 11.5 Å². The molecule has 7 rings (SSSR count). The van der Waals surface area contributed by atoms with Crippen LogP contribution < -0.4 is 26.2 Å². The fourth-order valence-corrected chi connectivity index (χ4v) is 9.14. The van der Waals surface area contributed by atoms with E-state index in [4.69, 9.17) is 18.9 Å². The van der Waals surface area contributed by atoms with E-state index in [0.29, 0.717) is 5.65 Å². The molecule has 0 unspecified atom stereocenters. The van der Waals surface area contributed by atoms with Gasteiger partial charge in [-0.05, 0) is 44.3 Å². The number of ketones is 1. The molecule has 0 saturated carbocycles. The van der Waals surface area contributed by atoms with Gasteiger partial charge in [0.05, 0.1) is 41.0 Å². The third-order valence-corrected chi connectivity index (χ3v) is 13.3. The van der Waals surface area contributed by atoms with Crippen LogP contribution in [0.25, 0.3) is 33.7 Å². The highest BCUT2D eigenvalue weighted by atomic mass is 16.7. The number of hydrazine groups is 1. The summed E-state index contributed by atoms with van der Waals surface area (Å²) in [6.07, 6.45) is 7.35. The molecule has 348 valence electrons. The van der Waals surface area contributed by atoms with Gasteiger partial charge in [0.1, 0.15) is 28.4 Å². The first-order valence-electron chi connectivity index (χ1n) is 22.0. The first kappa shape index (κ1) is 47.1. The number of H-pyrrole nitrogens is 1. The number of carbonyl (C=O) groups is 3. The van der Waals surface area contributed by atoms with E-state index in [2.05, 4.69) is 32.4 Å². The number of phenols is 1. The number of amides is 1. The number of pyridine rings is 1. The number of likely N-dealkylation sites (N-methyl/N-ethyl adjacent to an activating group) is 1. The number of benzene rings is 2. The van der Waals surface area contributed by atoms with Crippen LogP contribution in [0, 0.1) is 30.6 Å². The Balaban J connectivity index is 1.45. The van der Waals surface area contributed by atoms with E-state index >= 15 is 0 Å². The van der Waals surface area contributed by atoms with Crippen molar-refractivity contribution in [2.75, 3.05) is 40.3 Å². The van der Waals surface area contributed by atoms with Crippen molar-refractivity contribution in [1.82, 2.24) is 24.7 Å². The molecule has 17 nitrogen and oxygen atoms in total. The first-order valence-corrected chi connectivity index (χ1v) is 22.0. The van der Waals surface area contributed by atoms with E-state index in [1.54, 1.807) is 57.4 Å². The maximum absolute atomic E-state index is 14.8. The molecule has 3 aliphatic heterocycles. The number of phenolic OH excluding ortho intramolecular Hbond substituents is 1. The van der Waals surface area contributed by atoms with E-state index < -0.39 is 82.7 Å². The number of imidazole rings is 1. The van der Waals surface area contributed by atoms with Crippen LogP contribution in [0.15, 0.2) is 64.3 Å². The van der Waals surface area contributed by atoms with Crippen molar-refractivity contribution >= 4 is 51.3 Å². The maximum atomic E-state index is 14.8. The molecule has 3 aliphatic rings. The summed E-state index contributed by atoms with van der Waals surface area (Å²) in [7, 11) is 3.54. The van der Waals surface area contributed by atoms with Crippen molar-refractivity contribution in [3.8, 4) is 11.5 Å². The van der Waals surface area contributed by atoms with Gasteiger partial charge in [0, 0.05) is 99.7 Å². The Bertz CT molecular complexity index is 2820. The zero-order valence-electron chi connectivity index (χ0n) is 38.5. The third kappa shape index (κ3) is 8.82. The maximum Gasteiger partial charge on any atom is 0.312 e. The Kier molecular flexibility index (Phi) is 13.5. The number of aromatic hydroxyl groups is 1. The molecule has 0 spiro atoms. The fourth-order valence-electron chi connectivity index (χ4n) is 9.14. The number of esters is 1. The van der Waals surface area contributed by atoms with E-state index in [-0.39, 0.29) is 49.6 Å². The molecule has 5 heterocycles. The number of nitrogens with one attached hydrogen (secondary N) is 2. The minimum absolute atomic E-state index is 0.0163. The lowest BCUT2D eigenvalue weighted by Crippen LogP contribution is -2.49. The molecule has 2 aromatic heterocycles. The number of piperazine rings is 1. The summed E-state index contributed by atoms with van der Waals surface area (Å²) in [5.74, 6) is -7.05. The lowest BCUT2D eigenvalue weighted by atomic mass is 9.78. The molecule has 9 atom stereocenters. The predicted octanol–water partition coefficient (Wildman–Crippen LogP) is 3.13. The number of allylic oxidation sites excluding steroid dienone is 2. The molecule has 0 radical (unpaired) electrons. The van der Waals surface area contributed by atoms with Gasteiger partial charge in [-0.15, -0.1) is 0 Å². The Hall–Kier alpha value is -5.85. The van der Waals surface area contributed by atoms with Crippen LogP contribution in [0.1, 0.15) is 64.4 Å². The van der Waals surface area contributed by atoms with Crippen molar-refractivity contribution in [2.24, 2.45) is 28.7 Å². The average Bonchev–Trinajstić information content (AvgIpc) is 3.78. The molecular weight excluding hydrogens is 837 g/mol. The molecule has 0 aliphatic carbocycles. The third-order valence-electron chi connectivity index (χ3n) is 13.3.